The third-order valence-electron chi connectivity index (χ3n) is 7.08. The van der Waals surface area contributed by atoms with Gasteiger partial charge in [-0.25, -0.2) is 9.78 Å². The normalized spacial score (nSPS) is 17.2. The number of carbonyl (C=O) groups excluding carboxylic acids is 2. The van der Waals surface area contributed by atoms with Gasteiger partial charge < -0.3 is 19.7 Å². The summed E-state index contributed by atoms with van der Waals surface area (Å²) in [6, 6.07) is 12.7. The van der Waals surface area contributed by atoms with Crippen LogP contribution in [0.1, 0.15) is 46.7 Å². The highest BCUT2D eigenvalue weighted by Gasteiger charge is 2.42. The van der Waals surface area contributed by atoms with Crippen LogP contribution >= 0.6 is 12.2 Å². The lowest BCUT2D eigenvalue weighted by atomic mass is 10.0. The molecule has 0 aliphatic carbocycles. The summed E-state index contributed by atoms with van der Waals surface area (Å²) >= 11 is 5.08. The molecule has 1 fully saturated rings. The SMILES string of the molecule is CCCN1C[C@H](c2nc(=S)[nH][nH]2)[C@H](NC(=O)c2ccc(OCc3cc(C)nc4ccccc34)cc2OC(=O)C(F)(F)F)C1. The Kier molecular flexibility index (Phi) is 8.78. The molecule has 226 valence electrons. The molecule has 3 N–H and O–H groups in total. The van der Waals surface area contributed by atoms with Gasteiger partial charge in [-0.05, 0) is 56.4 Å². The van der Waals surface area contributed by atoms with E-state index in [1.807, 2.05) is 44.2 Å². The molecule has 10 nitrogen and oxygen atoms in total. The zero-order valence-electron chi connectivity index (χ0n) is 23.3. The van der Waals surface area contributed by atoms with Crippen molar-refractivity contribution < 1.29 is 32.2 Å². The number of aromatic nitrogens is 4. The standard InChI is InChI=1S/C29H29F3N6O4S/c1-3-10-38-13-21(25-35-28(43)37-36-25)23(14-38)34-26(39)20-9-8-18(12-24(20)42-27(40)29(30,31)32)41-15-17-11-16(2)33-22-7-5-4-6-19(17)22/h4-9,11-12,21,23H,3,10,13-15H2,1-2H3,(H,34,39)(H2,35,36,37,43)/t21-,23+/m0/s1. The topological polar surface area (TPSA) is 125 Å². The van der Waals surface area contributed by atoms with Crippen LogP contribution in [0.2, 0.25) is 0 Å². The van der Waals surface area contributed by atoms with E-state index in [0.29, 0.717) is 18.9 Å². The molecule has 1 aliphatic heterocycles. The maximum Gasteiger partial charge on any atom is 0.491 e. The number of benzene rings is 2. The Hall–Kier alpha value is -4.30. The van der Waals surface area contributed by atoms with Gasteiger partial charge in [0.2, 0.25) is 4.77 Å². The fourth-order valence-electron chi connectivity index (χ4n) is 5.21. The molecule has 3 heterocycles. The second-order valence-corrected chi connectivity index (χ2v) is 10.7. The largest absolute Gasteiger partial charge is 0.491 e. The van der Waals surface area contributed by atoms with Crippen molar-refractivity contribution in [3.63, 3.8) is 0 Å². The fourth-order valence-corrected chi connectivity index (χ4v) is 5.36. The number of hydrogen-bond donors (Lipinski definition) is 3. The van der Waals surface area contributed by atoms with E-state index in [1.165, 1.54) is 12.1 Å². The molecule has 2 aromatic carbocycles. The molecule has 43 heavy (non-hydrogen) atoms. The fraction of sp³-hybridized carbons (Fsp3) is 0.345. The van der Waals surface area contributed by atoms with Gasteiger partial charge in [0, 0.05) is 35.8 Å². The molecule has 0 spiro atoms. The summed E-state index contributed by atoms with van der Waals surface area (Å²) in [7, 11) is 0. The summed E-state index contributed by atoms with van der Waals surface area (Å²) < 4.78 is 50.3. The number of rotatable bonds is 9. The molecule has 4 aromatic rings. The molecule has 1 aliphatic rings. The van der Waals surface area contributed by atoms with E-state index in [4.69, 9.17) is 17.0 Å². The number of amides is 1. The number of halogens is 3. The number of esters is 1. The second-order valence-electron chi connectivity index (χ2n) is 10.3. The zero-order chi connectivity index (χ0) is 30.7. The molecule has 5 rings (SSSR count). The Bertz CT molecular complexity index is 1710. The molecule has 2 aromatic heterocycles. The summed E-state index contributed by atoms with van der Waals surface area (Å²) in [5.74, 6) is -3.34. The lowest BCUT2D eigenvalue weighted by Crippen LogP contribution is -2.40. The van der Waals surface area contributed by atoms with Crippen molar-refractivity contribution in [2.75, 3.05) is 19.6 Å². The maximum atomic E-state index is 13.5. The number of para-hydroxylation sites is 1. The van der Waals surface area contributed by atoms with E-state index < -0.39 is 29.8 Å². The van der Waals surface area contributed by atoms with Crippen LogP contribution in [0.4, 0.5) is 13.2 Å². The number of ether oxygens (including phenoxy) is 2. The quantitative estimate of drug-likeness (QED) is 0.137. The third-order valence-corrected chi connectivity index (χ3v) is 7.27. The van der Waals surface area contributed by atoms with Gasteiger partial charge in [-0.3, -0.25) is 20.0 Å². The van der Waals surface area contributed by atoms with E-state index in [1.54, 1.807) is 0 Å². The first-order chi connectivity index (χ1) is 20.5. The van der Waals surface area contributed by atoms with Crippen LogP contribution in [0.15, 0.2) is 48.5 Å². The highest BCUT2D eigenvalue weighted by Crippen LogP contribution is 2.31. The maximum absolute atomic E-state index is 13.5. The number of likely N-dealkylation sites (tertiary alicyclic amines) is 1. The van der Waals surface area contributed by atoms with Crippen molar-refractivity contribution >= 4 is 35.0 Å². The Morgan fingerprint density at radius 1 is 1.12 bits per heavy atom. The highest BCUT2D eigenvalue weighted by atomic mass is 32.1. The van der Waals surface area contributed by atoms with Gasteiger partial charge in [0.25, 0.3) is 5.91 Å². The van der Waals surface area contributed by atoms with Crippen LogP contribution in [0.3, 0.4) is 0 Å². The van der Waals surface area contributed by atoms with Crippen molar-refractivity contribution in [1.82, 2.24) is 30.4 Å². The molecule has 14 heteroatoms. The first kappa shape index (κ1) is 30.2. The minimum Gasteiger partial charge on any atom is -0.489 e. The number of pyridine rings is 1. The molecular weight excluding hydrogens is 585 g/mol. The molecule has 1 saturated heterocycles. The average molecular weight is 615 g/mol. The summed E-state index contributed by atoms with van der Waals surface area (Å²) in [4.78, 5) is 36.2. The number of aryl methyl sites for hydroxylation is 1. The second kappa shape index (κ2) is 12.5. The van der Waals surface area contributed by atoms with Crippen LogP contribution in [0.25, 0.3) is 10.9 Å². The van der Waals surface area contributed by atoms with Gasteiger partial charge >= 0.3 is 12.1 Å². The predicted octanol–water partition coefficient (Wildman–Crippen LogP) is 4.98. The van der Waals surface area contributed by atoms with Crippen LogP contribution in [0.5, 0.6) is 11.5 Å². The smallest absolute Gasteiger partial charge is 0.489 e. The molecule has 2 atom stereocenters. The van der Waals surface area contributed by atoms with E-state index >= 15 is 0 Å². The first-order valence-corrected chi connectivity index (χ1v) is 14.0. The molecule has 0 radical (unpaired) electrons. The van der Waals surface area contributed by atoms with Crippen LogP contribution in [-0.4, -0.2) is 68.8 Å². The summed E-state index contributed by atoms with van der Waals surface area (Å²) in [5.41, 5.74) is 2.09. The highest BCUT2D eigenvalue weighted by molar-refractivity contribution is 7.71. The number of carbonyl (C=O) groups is 2. The van der Waals surface area contributed by atoms with Crippen molar-refractivity contribution in [2.24, 2.45) is 0 Å². The molecule has 0 saturated carbocycles. The van der Waals surface area contributed by atoms with Gasteiger partial charge in [-0.15, -0.1) is 0 Å². The predicted molar refractivity (Wildman–Crippen MR) is 153 cm³/mol. The van der Waals surface area contributed by atoms with Gasteiger partial charge in [0.05, 0.1) is 23.0 Å². The number of H-pyrrole nitrogens is 2. The molecule has 0 bridgehead atoms. The number of nitrogens with zero attached hydrogens (tertiary/aromatic N) is 3. The Morgan fingerprint density at radius 3 is 2.63 bits per heavy atom. The number of fused-ring (bicyclic) bond motifs is 1. The molecular formula is C29H29F3N6O4S. The van der Waals surface area contributed by atoms with Crippen molar-refractivity contribution in [3.8, 4) is 11.5 Å². The van der Waals surface area contributed by atoms with Crippen molar-refractivity contribution in [3.05, 3.63) is 75.9 Å². The van der Waals surface area contributed by atoms with Gasteiger partial charge in [-0.2, -0.15) is 13.2 Å². The number of alkyl halides is 3. The lowest BCUT2D eigenvalue weighted by Gasteiger charge is -2.20. The van der Waals surface area contributed by atoms with Crippen LogP contribution < -0.4 is 14.8 Å². The van der Waals surface area contributed by atoms with E-state index in [2.05, 4.69) is 35.1 Å². The lowest BCUT2D eigenvalue weighted by molar-refractivity contribution is -0.189. The van der Waals surface area contributed by atoms with Gasteiger partial charge in [0.15, 0.2) is 0 Å². The van der Waals surface area contributed by atoms with Crippen LogP contribution in [0, 0.1) is 11.7 Å². The Morgan fingerprint density at radius 2 is 1.91 bits per heavy atom. The summed E-state index contributed by atoms with van der Waals surface area (Å²) in [6.45, 7) is 5.78. The number of hydrogen-bond acceptors (Lipinski definition) is 8. The van der Waals surface area contributed by atoms with Gasteiger partial charge in [0.1, 0.15) is 23.9 Å². The Labute approximate surface area is 249 Å². The number of aromatic amines is 2. The molecule has 0 unspecified atom stereocenters. The van der Waals surface area contributed by atoms with E-state index in [0.717, 1.165) is 41.2 Å². The minimum atomic E-state index is -5.27. The van der Waals surface area contributed by atoms with Crippen LogP contribution in [-0.2, 0) is 11.4 Å². The average Bonchev–Trinajstić information content (AvgIpc) is 3.56. The zero-order valence-corrected chi connectivity index (χ0v) is 24.1. The summed E-state index contributed by atoms with van der Waals surface area (Å²) in [6.07, 6.45) is -4.38. The van der Waals surface area contributed by atoms with Crippen molar-refractivity contribution in [2.45, 2.75) is 45.0 Å². The minimum absolute atomic E-state index is 0.0596. The Balaban J connectivity index is 1.40. The monoisotopic (exact) mass is 614 g/mol. The number of nitrogens with one attached hydrogen (secondary N) is 3. The van der Waals surface area contributed by atoms with Crippen molar-refractivity contribution in [1.29, 1.82) is 0 Å². The summed E-state index contributed by atoms with van der Waals surface area (Å²) in [5, 5.41) is 9.42. The first-order valence-electron chi connectivity index (χ1n) is 13.6. The molecule has 1 amide bonds. The van der Waals surface area contributed by atoms with Gasteiger partial charge in [-0.1, -0.05) is 25.1 Å². The third kappa shape index (κ3) is 7.03. The van der Waals surface area contributed by atoms with E-state index in [9.17, 15) is 22.8 Å². The van der Waals surface area contributed by atoms with E-state index in [-0.39, 0.29) is 28.6 Å².